The van der Waals surface area contributed by atoms with Gasteiger partial charge in [-0.3, -0.25) is 0 Å². The predicted molar refractivity (Wildman–Crippen MR) is 60.5 cm³/mol. The lowest BCUT2D eigenvalue weighted by atomic mass is 10.2. The topological polar surface area (TPSA) is 17.3 Å². The third-order valence-electron chi connectivity index (χ3n) is 2.31. The molecule has 1 fully saturated rings. The maximum Gasteiger partial charge on any atom is 0.0654 e. The highest BCUT2D eigenvalue weighted by molar-refractivity contribution is 6.36. The molecule has 1 aromatic carbocycles. The molecule has 1 radical (unpaired) electrons. The third-order valence-corrected chi connectivity index (χ3v) is 2.84. The first-order chi connectivity index (χ1) is 6.77. The van der Waals surface area contributed by atoms with E-state index in [1.165, 1.54) is 0 Å². The van der Waals surface area contributed by atoms with Crippen molar-refractivity contribution >= 4 is 28.9 Å². The van der Waals surface area contributed by atoms with Gasteiger partial charge in [-0.2, -0.15) is 0 Å². The monoisotopic (exact) mass is 229 g/mol. The van der Waals surface area contributed by atoms with Crippen molar-refractivity contribution in [2.75, 3.05) is 31.1 Å². The first-order valence-corrected chi connectivity index (χ1v) is 5.36. The van der Waals surface area contributed by atoms with Crippen molar-refractivity contribution in [3.05, 3.63) is 28.2 Å². The second-order valence-corrected chi connectivity index (χ2v) is 4.10. The molecule has 75 valence electrons. The van der Waals surface area contributed by atoms with Crippen molar-refractivity contribution in [3.8, 4) is 0 Å². The predicted octanol–water partition coefficient (Wildman–Crippen LogP) is 2.42. The van der Waals surface area contributed by atoms with Gasteiger partial charge < -0.3 is 4.90 Å². The van der Waals surface area contributed by atoms with E-state index < -0.39 is 0 Å². The minimum Gasteiger partial charge on any atom is -0.368 e. The molecule has 0 aliphatic carbocycles. The highest BCUT2D eigenvalue weighted by atomic mass is 35.5. The highest BCUT2D eigenvalue weighted by Gasteiger charge is 2.13. The molecule has 1 aliphatic heterocycles. The average molecular weight is 230 g/mol. The first-order valence-electron chi connectivity index (χ1n) is 4.60. The van der Waals surface area contributed by atoms with E-state index in [0.717, 1.165) is 36.9 Å². The summed E-state index contributed by atoms with van der Waals surface area (Å²) in [7, 11) is 0. The van der Waals surface area contributed by atoms with Crippen molar-refractivity contribution in [1.82, 2.24) is 5.32 Å². The van der Waals surface area contributed by atoms with E-state index in [9.17, 15) is 0 Å². The van der Waals surface area contributed by atoms with Crippen LogP contribution in [0.15, 0.2) is 18.2 Å². The van der Waals surface area contributed by atoms with Crippen LogP contribution in [0.4, 0.5) is 5.69 Å². The highest BCUT2D eigenvalue weighted by Crippen LogP contribution is 2.28. The van der Waals surface area contributed by atoms with Crippen molar-refractivity contribution in [2.45, 2.75) is 0 Å². The minimum absolute atomic E-state index is 0.681. The number of nitrogens with zero attached hydrogens (tertiary/aromatic N) is 2. The van der Waals surface area contributed by atoms with E-state index in [0.29, 0.717) is 5.02 Å². The van der Waals surface area contributed by atoms with Gasteiger partial charge in [0.25, 0.3) is 0 Å². The Bertz CT molecular complexity index is 322. The van der Waals surface area contributed by atoms with Crippen LogP contribution < -0.4 is 10.2 Å². The van der Waals surface area contributed by atoms with Gasteiger partial charge in [-0.05, 0) is 18.2 Å². The number of hydrogen-bond donors (Lipinski definition) is 0. The Morgan fingerprint density at radius 2 is 1.86 bits per heavy atom. The average Bonchev–Trinajstić information content (AvgIpc) is 2.19. The standard InChI is InChI=1S/C10H11Cl2N2/c11-8-1-2-10(9(12)7-8)14-5-3-13-4-6-14/h1-2,7H,3-6H2. The van der Waals surface area contributed by atoms with Crippen molar-refractivity contribution in [2.24, 2.45) is 0 Å². The van der Waals surface area contributed by atoms with E-state index in [-0.39, 0.29) is 0 Å². The largest absolute Gasteiger partial charge is 0.368 e. The lowest BCUT2D eigenvalue weighted by Gasteiger charge is -2.29. The minimum atomic E-state index is 0.681. The first kappa shape index (κ1) is 10.1. The molecule has 1 aliphatic rings. The number of rotatable bonds is 1. The molecular formula is C10H11Cl2N2. The zero-order valence-corrected chi connectivity index (χ0v) is 9.22. The van der Waals surface area contributed by atoms with Gasteiger partial charge in [0.15, 0.2) is 0 Å². The number of hydrogen-bond acceptors (Lipinski definition) is 1. The summed E-state index contributed by atoms with van der Waals surface area (Å²) in [6, 6.07) is 5.62. The summed E-state index contributed by atoms with van der Waals surface area (Å²) in [4.78, 5) is 2.24. The fourth-order valence-electron chi connectivity index (χ4n) is 1.59. The van der Waals surface area contributed by atoms with Gasteiger partial charge in [0.05, 0.1) is 10.7 Å². The zero-order chi connectivity index (χ0) is 9.97. The van der Waals surface area contributed by atoms with E-state index in [1.54, 1.807) is 6.07 Å². The summed E-state index contributed by atoms with van der Waals surface area (Å²) in [6.07, 6.45) is 0. The van der Waals surface area contributed by atoms with Gasteiger partial charge in [0.2, 0.25) is 0 Å². The Hall–Kier alpha value is -0.440. The second kappa shape index (κ2) is 4.39. The quantitative estimate of drug-likeness (QED) is 0.724. The molecule has 0 atom stereocenters. The van der Waals surface area contributed by atoms with Crippen LogP contribution in [0.5, 0.6) is 0 Å². The summed E-state index contributed by atoms with van der Waals surface area (Å²) in [5.41, 5.74) is 1.06. The van der Waals surface area contributed by atoms with Gasteiger partial charge in [-0.1, -0.05) is 23.2 Å². The van der Waals surface area contributed by atoms with Gasteiger partial charge in [-0.15, -0.1) is 0 Å². The molecule has 0 spiro atoms. The molecule has 4 heteroatoms. The molecule has 1 aromatic rings. The maximum absolute atomic E-state index is 6.11. The van der Waals surface area contributed by atoms with Crippen LogP contribution in [0.3, 0.4) is 0 Å². The fourth-order valence-corrected chi connectivity index (χ4v) is 2.11. The lowest BCUT2D eigenvalue weighted by Crippen LogP contribution is -2.40. The fraction of sp³-hybridized carbons (Fsp3) is 0.400. The van der Waals surface area contributed by atoms with Crippen LogP contribution >= 0.6 is 23.2 Å². The third kappa shape index (κ3) is 2.14. The summed E-state index contributed by atoms with van der Waals surface area (Å²) in [6.45, 7) is 3.67. The Labute approximate surface area is 93.8 Å². The van der Waals surface area contributed by atoms with Crippen LogP contribution in [0.25, 0.3) is 0 Å². The molecule has 1 saturated heterocycles. The lowest BCUT2D eigenvalue weighted by molar-refractivity contribution is 0.579. The van der Waals surface area contributed by atoms with Crippen LogP contribution in [-0.2, 0) is 0 Å². The zero-order valence-electron chi connectivity index (χ0n) is 7.71. The molecule has 0 amide bonds. The maximum atomic E-state index is 6.11. The van der Waals surface area contributed by atoms with Gasteiger partial charge in [0.1, 0.15) is 0 Å². The molecule has 0 aromatic heterocycles. The van der Waals surface area contributed by atoms with Crippen molar-refractivity contribution < 1.29 is 0 Å². The van der Waals surface area contributed by atoms with Crippen LogP contribution in [0.2, 0.25) is 10.0 Å². The van der Waals surface area contributed by atoms with E-state index in [2.05, 4.69) is 10.2 Å². The smallest absolute Gasteiger partial charge is 0.0654 e. The Morgan fingerprint density at radius 1 is 1.14 bits per heavy atom. The Kier molecular flexibility index (Phi) is 3.16. The molecule has 2 rings (SSSR count). The molecule has 1 heterocycles. The van der Waals surface area contributed by atoms with E-state index in [4.69, 9.17) is 23.2 Å². The van der Waals surface area contributed by atoms with E-state index >= 15 is 0 Å². The van der Waals surface area contributed by atoms with Crippen molar-refractivity contribution in [3.63, 3.8) is 0 Å². The molecule has 0 unspecified atom stereocenters. The van der Waals surface area contributed by atoms with Crippen LogP contribution in [0, 0.1) is 0 Å². The molecule has 0 bridgehead atoms. The van der Waals surface area contributed by atoms with E-state index in [1.807, 2.05) is 12.1 Å². The van der Waals surface area contributed by atoms with Crippen molar-refractivity contribution in [1.29, 1.82) is 0 Å². The Balaban J connectivity index is 2.22. The summed E-state index contributed by atoms with van der Waals surface area (Å²) in [5.74, 6) is 0. The molecule has 0 saturated carbocycles. The van der Waals surface area contributed by atoms with Crippen LogP contribution in [-0.4, -0.2) is 26.2 Å². The molecule has 2 nitrogen and oxygen atoms in total. The number of halogens is 2. The number of anilines is 1. The number of benzene rings is 1. The molecule has 14 heavy (non-hydrogen) atoms. The second-order valence-electron chi connectivity index (χ2n) is 3.25. The van der Waals surface area contributed by atoms with Gasteiger partial charge in [0, 0.05) is 31.2 Å². The molecule has 0 N–H and O–H groups in total. The van der Waals surface area contributed by atoms with Gasteiger partial charge in [-0.25, -0.2) is 5.32 Å². The SMILES string of the molecule is Clc1ccc(N2CC[N]CC2)c(Cl)c1. The summed E-state index contributed by atoms with van der Waals surface area (Å²) < 4.78 is 0. The van der Waals surface area contributed by atoms with Gasteiger partial charge >= 0.3 is 0 Å². The molecular weight excluding hydrogens is 219 g/mol. The number of piperazine rings is 1. The summed E-state index contributed by atoms with van der Waals surface area (Å²) >= 11 is 11.9. The summed E-state index contributed by atoms with van der Waals surface area (Å²) in [5, 5.41) is 5.69. The van der Waals surface area contributed by atoms with Crippen LogP contribution in [0.1, 0.15) is 0 Å². The normalized spacial score (nSPS) is 17.1. The Morgan fingerprint density at radius 3 is 2.50 bits per heavy atom.